The Morgan fingerprint density at radius 1 is 0.256 bits per heavy atom. The van der Waals surface area contributed by atoms with Gasteiger partial charge in [0.1, 0.15) is 0 Å². The van der Waals surface area contributed by atoms with Crippen LogP contribution < -0.4 is 0 Å². The van der Waals surface area contributed by atoms with E-state index in [2.05, 4.69) is 0 Å². The Kier molecular flexibility index (Phi) is 8.47. The fraction of sp³-hybridized carbons (Fsp3) is 0.929. The highest BCUT2D eigenvalue weighted by molar-refractivity contribution is 5.20. The van der Waals surface area contributed by atoms with Gasteiger partial charge in [-0.2, -0.15) is 110 Å². The summed E-state index contributed by atoms with van der Waals surface area (Å²) in [5.74, 6) is -97.8. The third-order valence-corrected chi connectivity index (χ3v) is 4.69. The lowest BCUT2D eigenvalue weighted by Crippen LogP contribution is -2.78. The van der Waals surface area contributed by atoms with Crippen LogP contribution in [0, 0.1) is 6.42 Å². The molecule has 0 aromatic heterocycles. The number of hydrogen-bond acceptors (Lipinski definition) is 0. The summed E-state index contributed by atoms with van der Waals surface area (Å²) < 4.78 is 327. The molecule has 0 N–H and O–H groups in total. The van der Waals surface area contributed by atoms with Gasteiger partial charge in [-0.3, -0.25) is 0 Å². The number of halogens is 25. The van der Waals surface area contributed by atoms with E-state index in [9.17, 15) is 110 Å². The standard InChI is InChI=1S/C14H4F25/c1-2-3(15,16)4(17,18)5(19,20)6(21,22)7(23,24)8(25,26)9(27,28)10(29,30)11(31,32)12(33,34)13(35,36)14(37,38)39/h2H,1H3. The lowest BCUT2D eigenvalue weighted by atomic mass is 9.84. The van der Waals surface area contributed by atoms with E-state index >= 15 is 0 Å². The smallest absolute Gasteiger partial charge is 0.199 e. The molecule has 0 spiro atoms. The van der Waals surface area contributed by atoms with Crippen molar-refractivity contribution in [1.82, 2.24) is 0 Å². The Hall–Kier alpha value is -1.75. The van der Waals surface area contributed by atoms with Crippen molar-refractivity contribution in [2.45, 2.75) is 78.2 Å². The molecule has 39 heavy (non-hydrogen) atoms. The average Bonchev–Trinajstić information content (AvgIpc) is 2.71. The summed E-state index contributed by atoms with van der Waals surface area (Å²) in [5.41, 5.74) is 0. The highest BCUT2D eigenvalue weighted by Gasteiger charge is 2.99. The molecule has 0 aromatic carbocycles. The van der Waals surface area contributed by atoms with Crippen LogP contribution in [0.2, 0.25) is 0 Å². The SMILES string of the molecule is C[CH]C(F)(F)C(F)(F)C(F)(F)C(F)(F)C(F)(F)C(F)(F)C(F)(F)C(F)(F)C(F)(F)C(F)(F)C(F)(F)C(F)(F)F. The molecular formula is C14H4F25. The summed E-state index contributed by atoms with van der Waals surface area (Å²) in [6, 6.07) is 0. The first-order chi connectivity index (χ1) is 16.3. The van der Waals surface area contributed by atoms with Crippen LogP contribution in [0.3, 0.4) is 0 Å². The molecule has 0 atom stereocenters. The molecule has 0 amide bonds. The van der Waals surface area contributed by atoms with Crippen molar-refractivity contribution in [3.05, 3.63) is 6.42 Å². The van der Waals surface area contributed by atoms with E-state index in [1.165, 1.54) is 0 Å². The van der Waals surface area contributed by atoms with Gasteiger partial charge < -0.3 is 0 Å². The Morgan fingerprint density at radius 3 is 0.564 bits per heavy atom. The van der Waals surface area contributed by atoms with Crippen molar-refractivity contribution in [3.8, 4) is 0 Å². The van der Waals surface area contributed by atoms with E-state index in [1.54, 1.807) is 0 Å². The zero-order valence-electron chi connectivity index (χ0n) is 17.0. The molecule has 25 heteroatoms. The molecule has 0 fully saturated rings. The first-order valence-electron chi connectivity index (χ1n) is 8.34. The van der Waals surface area contributed by atoms with Gasteiger partial charge >= 0.3 is 71.3 Å². The number of hydrogen-bond donors (Lipinski definition) is 0. The van der Waals surface area contributed by atoms with Crippen LogP contribution in [0.1, 0.15) is 6.92 Å². The van der Waals surface area contributed by atoms with Crippen LogP contribution in [-0.4, -0.2) is 71.3 Å². The molecular weight excluding hydrogens is 643 g/mol. The zero-order valence-corrected chi connectivity index (χ0v) is 17.0. The van der Waals surface area contributed by atoms with Crippen molar-refractivity contribution in [3.63, 3.8) is 0 Å². The second kappa shape index (κ2) is 8.87. The molecule has 0 unspecified atom stereocenters. The number of rotatable bonds is 11. The van der Waals surface area contributed by atoms with Gasteiger partial charge in [0, 0.05) is 6.42 Å². The largest absolute Gasteiger partial charge is 0.460 e. The van der Waals surface area contributed by atoms with E-state index in [0.29, 0.717) is 0 Å². The summed E-state index contributed by atoms with van der Waals surface area (Å²) in [6.45, 7) is -0.414. The molecule has 1 radical (unpaired) electrons. The molecule has 0 aliphatic carbocycles. The molecule has 0 aliphatic heterocycles. The summed E-state index contributed by atoms with van der Waals surface area (Å²) >= 11 is 0. The van der Waals surface area contributed by atoms with Gasteiger partial charge in [0.15, 0.2) is 0 Å². The second-order valence-corrected chi connectivity index (χ2v) is 7.15. The van der Waals surface area contributed by atoms with E-state index in [-0.39, 0.29) is 0 Å². The van der Waals surface area contributed by atoms with Crippen molar-refractivity contribution in [2.24, 2.45) is 0 Å². The summed E-state index contributed by atoms with van der Waals surface area (Å²) in [6.07, 6.45) is -9.67. The predicted octanol–water partition coefficient (Wildman–Crippen LogP) is 8.76. The normalized spacial score (nSPS) is 17.1. The van der Waals surface area contributed by atoms with Gasteiger partial charge in [-0.1, -0.05) is 6.92 Å². The second-order valence-electron chi connectivity index (χ2n) is 7.15. The molecule has 235 valence electrons. The van der Waals surface area contributed by atoms with E-state index in [1.807, 2.05) is 0 Å². The maximum absolute atomic E-state index is 13.5. The molecule has 0 nitrogen and oxygen atoms in total. The fourth-order valence-electron chi connectivity index (χ4n) is 2.15. The van der Waals surface area contributed by atoms with Crippen LogP contribution in [-0.2, 0) is 0 Å². The Balaban J connectivity index is 7.31. The van der Waals surface area contributed by atoms with Crippen molar-refractivity contribution in [1.29, 1.82) is 0 Å². The van der Waals surface area contributed by atoms with Crippen LogP contribution in [0.15, 0.2) is 0 Å². The summed E-state index contributed by atoms with van der Waals surface area (Å²) in [5, 5.41) is 0. The first kappa shape index (κ1) is 37.2. The lowest BCUT2D eigenvalue weighted by Gasteiger charge is -2.45. The topological polar surface area (TPSA) is 0 Å². The Bertz CT molecular complexity index is 887. The zero-order chi connectivity index (χ0) is 32.7. The van der Waals surface area contributed by atoms with Gasteiger partial charge in [0.25, 0.3) is 0 Å². The van der Waals surface area contributed by atoms with Gasteiger partial charge in [0.05, 0.1) is 0 Å². The van der Waals surface area contributed by atoms with Crippen LogP contribution in [0.5, 0.6) is 0 Å². The molecule has 0 aliphatic rings. The average molecular weight is 647 g/mol. The van der Waals surface area contributed by atoms with Gasteiger partial charge in [-0.25, -0.2) is 0 Å². The highest BCUT2D eigenvalue weighted by atomic mass is 19.4. The monoisotopic (exact) mass is 647 g/mol. The van der Waals surface area contributed by atoms with Crippen molar-refractivity contribution in [2.75, 3.05) is 0 Å². The van der Waals surface area contributed by atoms with Crippen molar-refractivity contribution < 1.29 is 110 Å². The third kappa shape index (κ3) is 4.23. The van der Waals surface area contributed by atoms with Gasteiger partial charge in [-0.15, -0.1) is 0 Å². The third-order valence-electron chi connectivity index (χ3n) is 4.69. The summed E-state index contributed by atoms with van der Waals surface area (Å²) in [4.78, 5) is 0. The maximum Gasteiger partial charge on any atom is 0.460 e. The van der Waals surface area contributed by atoms with Gasteiger partial charge in [0.2, 0.25) is 0 Å². The Morgan fingerprint density at radius 2 is 0.410 bits per heavy atom. The maximum atomic E-state index is 13.5. The summed E-state index contributed by atoms with van der Waals surface area (Å²) in [7, 11) is 0. The highest BCUT2D eigenvalue weighted by Crippen LogP contribution is 2.67. The van der Waals surface area contributed by atoms with Crippen LogP contribution >= 0.6 is 0 Å². The first-order valence-corrected chi connectivity index (χ1v) is 8.34. The van der Waals surface area contributed by atoms with E-state index in [0.717, 1.165) is 0 Å². The minimum absolute atomic E-state index is 0.414. The Labute approximate surface area is 196 Å². The number of alkyl halides is 25. The molecule has 0 saturated heterocycles. The quantitative estimate of drug-likeness (QED) is 0.197. The predicted molar refractivity (Wildman–Crippen MR) is 70.4 cm³/mol. The van der Waals surface area contributed by atoms with E-state index < -0.39 is 84.7 Å². The molecule has 0 aromatic rings. The molecule has 0 heterocycles. The van der Waals surface area contributed by atoms with Crippen LogP contribution in [0.25, 0.3) is 0 Å². The molecule has 0 rings (SSSR count). The molecule has 0 saturated carbocycles. The van der Waals surface area contributed by atoms with E-state index in [4.69, 9.17) is 0 Å². The van der Waals surface area contributed by atoms with Crippen molar-refractivity contribution >= 4 is 0 Å². The fourth-order valence-corrected chi connectivity index (χ4v) is 2.15. The van der Waals surface area contributed by atoms with Crippen LogP contribution in [0.4, 0.5) is 110 Å². The lowest BCUT2D eigenvalue weighted by molar-refractivity contribution is -0.481. The molecule has 0 bridgehead atoms. The minimum Gasteiger partial charge on any atom is -0.199 e. The van der Waals surface area contributed by atoms with Gasteiger partial charge in [-0.05, 0) is 0 Å². The minimum atomic E-state index is -9.56.